The molecule has 0 radical (unpaired) electrons. The molecule has 26 heavy (non-hydrogen) atoms. The highest BCUT2D eigenvalue weighted by atomic mass is 32.1. The van der Waals surface area contributed by atoms with Gasteiger partial charge in [0.05, 0.1) is 23.3 Å². The number of hydrogen-bond acceptors (Lipinski definition) is 6. The SMILES string of the molecule is Cc1ccc(OCC(=O)OC2CN(c3nc4ccc(F)cc4s3)C2)cc1. The molecule has 7 heteroatoms. The van der Waals surface area contributed by atoms with Crippen molar-refractivity contribution in [2.75, 3.05) is 24.6 Å². The zero-order chi connectivity index (χ0) is 18.1. The van der Waals surface area contributed by atoms with Crippen LogP contribution in [0.2, 0.25) is 0 Å². The fourth-order valence-electron chi connectivity index (χ4n) is 2.69. The van der Waals surface area contributed by atoms with E-state index in [9.17, 15) is 9.18 Å². The van der Waals surface area contributed by atoms with Gasteiger partial charge < -0.3 is 14.4 Å². The lowest BCUT2D eigenvalue weighted by Gasteiger charge is -2.38. The molecule has 0 amide bonds. The van der Waals surface area contributed by atoms with Crippen LogP contribution < -0.4 is 9.64 Å². The number of nitrogens with zero attached hydrogens (tertiary/aromatic N) is 2. The van der Waals surface area contributed by atoms with Gasteiger partial charge >= 0.3 is 5.97 Å². The van der Waals surface area contributed by atoms with Crippen LogP contribution in [-0.4, -0.2) is 36.8 Å². The number of ether oxygens (including phenoxy) is 2. The Kier molecular flexibility index (Phi) is 4.46. The Morgan fingerprint density at radius 1 is 1.27 bits per heavy atom. The van der Waals surface area contributed by atoms with Gasteiger partial charge in [0.2, 0.25) is 0 Å². The maximum Gasteiger partial charge on any atom is 0.344 e. The van der Waals surface area contributed by atoms with Crippen molar-refractivity contribution in [3.8, 4) is 5.75 Å². The Morgan fingerprint density at radius 3 is 2.81 bits per heavy atom. The number of halogens is 1. The van der Waals surface area contributed by atoms with Crippen LogP contribution in [0.15, 0.2) is 42.5 Å². The lowest BCUT2D eigenvalue weighted by Crippen LogP contribution is -2.53. The fourth-order valence-corrected chi connectivity index (χ4v) is 3.70. The average Bonchev–Trinajstić information content (AvgIpc) is 2.99. The lowest BCUT2D eigenvalue weighted by atomic mass is 10.2. The molecule has 1 fully saturated rings. The number of anilines is 1. The van der Waals surface area contributed by atoms with E-state index in [2.05, 4.69) is 4.98 Å². The average molecular weight is 372 g/mol. The number of aromatic nitrogens is 1. The van der Waals surface area contributed by atoms with Gasteiger partial charge in [-0.25, -0.2) is 14.2 Å². The molecule has 134 valence electrons. The van der Waals surface area contributed by atoms with Gasteiger partial charge in [0.1, 0.15) is 17.7 Å². The number of hydrogen-bond donors (Lipinski definition) is 0. The van der Waals surface area contributed by atoms with Crippen molar-refractivity contribution in [1.82, 2.24) is 4.98 Å². The van der Waals surface area contributed by atoms with Crippen molar-refractivity contribution in [2.24, 2.45) is 0 Å². The zero-order valence-electron chi connectivity index (χ0n) is 14.1. The number of carbonyl (C=O) groups excluding carboxylic acids is 1. The molecule has 5 nitrogen and oxygen atoms in total. The van der Waals surface area contributed by atoms with Gasteiger partial charge in [0.25, 0.3) is 0 Å². The lowest BCUT2D eigenvalue weighted by molar-refractivity contribution is -0.152. The van der Waals surface area contributed by atoms with Gasteiger partial charge in [-0.05, 0) is 37.3 Å². The minimum atomic E-state index is -0.387. The minimum absolute atomic E-state index is 0.111. The standard InChI is InChI=1S/C19H17FN2O3S/c1-12-2-5-14(6-3-12)24-11-18(23)25-15-9-22(10-15)19-21-16-7-4-13(20)8-17(16)26-19/h2-8,15H,9-11H2,1H3. The van der Waals surface area contributed by atoms with E-state index in [1.54, 1.807) is 6.07 Å². The van der Waals surface area contributed by atoms with Crippen LogP contribution in [0.4, 0.5) is 9.52 Å². The fraction of sp³-hybridized carbons (Fsp3) is 0.263. The first kappa shape index (κ1) is 16.8. The van der Waals surface area contributed by atoms with E-state index in [0.29, 0.717) is 18.8 Å². The highest BCUT2D eigenvalue weighted by molar-refractivity contribution is 7.22. The summed E-state index contributed by atoms with van der Waals surface area (Å²) in [5.41, 5.74) is 1.91. The van der Waals surface area contributed by atoms with E-state index in [4.69, 9.17) is 9.47 Å². The predicted octanol–water partition coefficient (Wildman–Crippen LogP) is 3.55. The van der Waals surface area contributed by atoms with Gasteiger partial charge in [-0.1, -0.05) is 29.0 Å². The summed E-state index contributed by atoms with van der Waals surface area (Å²) in [5.74, 6) is -0.0113. The molecule has 2 aromatic carbocycles. The topological polar surface area (TPSA) is 51.7 Å². The molecule has 3 aromatic rings. The molecule has 1 aromatic heterocycles. The van der Waals surface area contributed by atoms with Crippen LogP contribution in [0.25, 0.3) is 10.2 Å². The Labute approximate surface area is 154 Å². The van der Waals surface area contributed by atoms with Gasteiger partial charge in [0, 0.05) is 0 Å². The van der Waals surface area contributed by atoms with Crippen molar-refractivity contribution in [3.63, 3.8) is 0 Å². The predicted molar refractivity (Wildman–Crippen MR) is 98.3 cm³/mol. The van der Waals surface area contributed by atoms with E-state index in [1.807, 2.05) is 36.1 Å². The van der Waals surface area contributed by atoms with Gasteiger partial charge in [-0.2, -0.15) is 0 Å². The van der Waals surface area contributed by atoms with Crippen molar-refractivity contribution >= 4 is 32.7 Å². The molecular formula is C19H17FN2O3S. The Morgan fingerprint density at radius 2 is 2.04 bits per heavy atom. The molecule has 0 saturated carbocycles. The molecule has 0 unspecified atom stereocenters. The third-order valence-electron chi connectivity index (χ3n) is 4.13. The van der Waals surface area contributed by atoms with Crippen molar-refractivity contribution in [3.05, 3.63) is 53.8 Å². The van der Waals surface area contributed by atoms with Crippen molar-refractivity contribution < 1.29 is 18.7 Å². The van der Waals surface area contributed by atoms with E-state index < -0.39 is 0 Å². The molecular weight excluding hydrogens is 355 g/mol. The monoisotopic (exact) mass is 372 g/mol. The first-order chi connectivity index (χ1) is 12.6. The summed E-state index contributed by atoms with van der Waals surface area (Å²) in [6.07, 6.45) is -0.173. The van der Waals surface area contributed by atoms with Gasteiger partial charge in [0.15, 0.2) is 11.7 Å². The molecule has 2 heterocycles. The molecule has 4 rings (SSSR count). The summed E-state index contributed by atoms with van der Waals surface area (Å²) in [5, 5.41) is 0.814. The third-order valence-corrected chi connectivity index (χ3v) is 5.21. The second-order valence-electron chi connectivity index (χ2n) is 6.23. The highest BCUT2D eigenvalue weighted by Crippen LogP contribution is 2.32. The molecule has 0 N–H and O–H groups in total. The summed E-state index contributed by atoms with van der Waals surface area (Å²) in [6, 6.07) is 12.1. The summed E-state index contributed by atoms with van der Waals surface area (Å²) < 4.78 is 24.9. The molecule has 0 bridgehead atoms. The summed E-state index contributed by atoms with van der Waals surface area (Å²) in [7, 11) is 0. The molecule has 0 atom stereocenters. The normalized spacial score (nSPS) is 14.3. The van der Waals surface area contributed by atoms with E-state index in [0.717, 1.165) is 20.9 Å². The number of thiazole rings is 1. The zero-order valence-corrected chi connectivity index (χ0v) is 15.0. The largest absolute Gasteiger partial charge is 0.482 e. The number of aryl methyl sites for hydroxylation is 1. The number of rotatable bonds is 5. The van der Waals surface area contributed by atoms with Gasteiger partial charge in [-0.15, -0.1) is 0 Å². The summed E-state index contributed by atoms with van der Waals surface area (Å²) >= 11 is 1.43. The Balaban J connectivity index is 1.26. The Bertz CT molecular complexity index is 936. The van der Waals surface area contributed by atoms with Crippen molar-refractivity contribution in [1.29, 1.82) is 0 Å². The van der Waals surface area contributed by atoms with Crippen LogP contribution in [-0.2, 0) is 9.53 Å². The number of esters is 1. The summed E-state index contributed by atoms with van der Waals surface area (Å²) in [6.45, 7) is 3.04. The first-order valence-corrected chi connectivity index (χ1v) is 9.08. The van der Waals surface area contributed by atoms with Crippen LogP contribution in [0.1, 0.15) is 5.56 Å². The van der Waals surface area contributed by atoms with E-state index in [1.165, 1.54) is 23.5 Å². The van der Waals surface area contributed by atoms with Crippen LogP contribution in [0.5, 0.6) is 5.75 Å². The molecule has 0 aliphatic carbocycles. The van der Waals surface area contributed by atoms with Crippen LogP contribution >= 0.6 is 11.3 Å². The molecule has 1 aliphatic rings. The smallest absolute Gasteiger partial charge is 0.344 e. The molecule has 1 saturated heterocycles. The number of benzene rings is 2. The van der Waals surface area contributed by atoms with Crippen LogP contribution in [0, 0.1) is 12.7 Å². The third kappa shape index (κ3) is 3.62. The van der Waals surface area contributed by atoms with Crippen LogP contribution in [0.3, 0.4) is 0 Å². The maximum absolute atomic E-state index is 13.3. The molecule has 1 aliphatic heterocycles. The number of carbonyl (C=O) groups is 1. The quantitative estimate of drug-likeness (QED) is 0.641. The summed E-state index contributed by atoms with van der Waals surface area (Å²) in [4.78, 5) is 18.4. The number of fused-ring (bicyclic) bond motifs is 1. The Hall–Kier alpha value is -2.67. The second-order valence-corrected chi connectivity index (χ2v) is 7.24. The van der Waals surface area contributed by atoms with Gasteiger partial charge in [-0.3, -0.25) is 0 Å². The van der Waals surface area contributed by atoms with Crippen molar-refractivity contribution in [2.45, 2.75) is 13.0 Å². The first-order valence-electron chi connectivity index (χ1n) is 8.27. The van der Waals surface area contributed by atoms with E-state index in [-0.39, 0.29) is 24.5 Å². The highest BCUT2D eigenvalue weighted by Gasteiger charge is 2.32. The second kappa shape index (κ2) is 6.92. The van der Waals surface area contributed by atoms with E-state index >= 15 is 0 Å². The molecule has 0 spiro atoms. The maximum atomic E-state index is 13.3. The minimum Gasteiger partial charge on any atom is -0.482 e.